The molecule has 0 aromatic rings. The molecular formula is C6Mn2N6. The Labute approximate surface area is 89.2 Å². The second kappa shape index (κ2) is 3.04. The standard InChI is InChI=1S/6CN.2Mn/c6*1-2;;. The van der Waals surface area contributed by atoms with E-state index in [9.17, 15) is 0 Å². The third-order valence-electron chi connectivity index (χ3n) is 1.27. The second-order valence-electron chi connectivity index (χ2n) is 1.92. The summed E-state index contributed by atoms with van der Waals surface area (Å²) in [5.74, 6) is 0. The molecule has 0 spiro atoms. The molecule has 14 heavy (non-hydrogen) atoms. The molecule has 0 rings (SSSR count). The van der Waals surface area contributed by atoms with Gasteiger partial charge in [0.15, 0.2) is 0 Å². The van der Waals surface area contributed by atoms with Gasteiger partial charge in [-0.3, -0.25) is 0 Å². The first-order valence-corrected chi connectivity index (χ1v) is 6.02. The summed E-state index contributed by atoms with van der Waals surface area (Å²) in [7, 11) is -6.30. The first-order valence-electron chi connectivity index (χ1n) is 2.48. The first kappa shape index (κ1) is 14.5. The summed E-state index contributed by atoms with van der Waals surface area (Å²) in [6, 6.07) is 0. The topological polar surface area (TPSA) is 143 Å². The maximum absolute atomic E-state index is 8.58. The quantitative estimate of drug-likeness (QED) is 0.568. The van der Waals surface area contributed by atoms with Crippen molar-refractivity contribution in [2.45, 2.75) is 0 Å². The summed E-state index contributed by atoms with van der Waals surface area (Å²) in [4.78, 5) is 6.25. The number of rotatable bonds is 0. The van der Waals surface area contributed by atoms with Gasteiger partial charge in [-0.25, -0.2) is 0 Å². The van der Waals surface area contributed by atoms with Crippen LogP contribution in [0.4, 0.5) is 0 Å². The zero-order valence-electron chi connectivity index (χ0n) is 6.44. The van der Waals surface area contributed by atoms with Crippen LogP contribution in [0.5, 0.6) is 0 Å². The number of nitriles is 6. The van der Waals surface area contributed by atoms with Crippen molar-refractivity contribution in [2.75, 3.05) is 0 Å². The molecule has 0 heterocycles. The van der Waals surface area contributed by atoms with Crippen molar-refractivity contribution >= 4 is 0 Å². The van der Waals surface area contributed by atoms with Gasteiger partial charge in [0, 0.05) is 17.1 Å². The van der Waals surface area contributed by atoms with Crippen LogP contribution in [0.15, 0.2) is 0 Å². The Kier molecular flexibility index (Phi) is 3.14. The van der Waals surface area contributed by atoms with Gasteiger partial charge in [0.1, 0.15) is 0 Å². The molecule has 0 fully saturated rings. The Morgan fingerprint density at radius 1 is 0.500 bits per heavy atom. The smallest absolute Gasteiger partial charge is 0 e. The summed E-state index contributed by atoms with van der Waals surface area (Å²) >= 11 is 0. The number of hydrogen-bond donors (Lipinski definition) is 0. The molecule has 0 aromatic heterocycles. The molecule has 8 heteroatoms. The predicted octanol–water partition coefficient (Wildman–Crippen LogP) is 0.0957. The third kappa shape index (κ3) is 1.03. The van der Waals surface area contributed by atoms with Gasteiger partial charge in [0.2, 0.25) is 0 Å². The third-order valence-corrected chi connectivity index (χ3v) is 5.23. The van der Waals surface area contributed by atoms with Crippen molar-refractivity contribution in [3.8, 4) is 29.8 Å². The minimum absolute atomic E-state index is 0. The fourth-order valence-corrected chi connectivity index (χ4v) is 1.17. The van der Waals surface area contributed by atoms with Gasteiger partial charge in [-0.2, -0.15) is 0 Å². The molecule has 0 aliphatic carbocycles. The Bertz CT molecular complexity index is 390. The Balaban J connectivity index is 0. The Morgan fingerprint density at radius 3 is 0.643 bits per heavy atom. The monoisotopic (exact) mass is 266 g/mol. The van der Waals surface area contributed by atoms with Crippen LogP contribution in [-0.2, 0) is 27.8 Å². The SMILES string of the molecule is N#[C][Mn]([C]#N)([C]#N)([C]#N)([C]#N)[C]#N.[Mn]. The van der Waals surface area contributed by atoms with Crippen LogP contribution >= 0.6 is 0 Å². The van der Waals surface area contributed by atoms with E-state index >= 15 is 0 Å². The van der Waals surface area contributed by atoms with E-state index in [2.05, 4.69) is 0 Å². The molecule has 0 amide bonds. The summed E-state index contributed by atoms with van der Waals surface area (Å²) in [5, 5.41) is 51.5. The van der Waals surface area contributed by atoms with E-state index in [0.717, 1.165) is 29.8 Å². The van der Waals surface area contributed by atoms with Crippen molar-refractivity contribution in [1.82, 2.24) is 0 Å². The van der Waals surface area contributed by atoms with E-state index in [1.54, 1.807) is 0 Å². The zero-order valence-corrected chi connectivity index (χ0v) is 8.80. The van der Waals surface area contributed by atoms with Crippen LogP contribution in [0.1, 0.15) is 0 Å². The summed E-state index contributed by atoms with van der Waals surface area (Å²) in [5.41, 5.74) is 0. The summed E-state index contributed by atoms with van der Waals surface area (Å²) < 4.78 is 0. The molecule has 0 aliphatic heterocycles. The molecule has 0 N–H and O–H groups in total. The van der Waals surface area contributed by atoms with Crippen molar-refractivity contribution < 1.29 is 27.8 Å². The van der Waals surface area contributed by atoms with Gasteiger partial charge < -0.3 is 0 Å². The van der Waals surface area contributed by atoms with E-state index in [1.165, 1.54) is 0 Å². The molecule has 0 saturated heterocycles. The fraction of sp³-hybridized carbons (Fsp3) is 0. The molecule has 6 nitrogen and oxygen atoms in total. The molecule has 0 bridgehead atoms. The average molecular weight is 266 g/mol. The zero-order chi connectivity index (χ0) is 10.7. The minimum atomic E-state index is -6.30. The Morgan fingerprint density at radius 2 is 0.643 bits per heavy atom. The second-order valence-corrected chi connectivity index (χ2v) is 7.93. The fourth-order valence-electron chi connectivity index (χ4n) is 0.283. The van der Waals surface area contributed by atoms with Crippen molar-refractivity contribution in [3.63, 3.8) is 0 Å². The van der Waals surface area contributed by atoms with Crippen LogP contribution in [0.3, 0.4) is 0 Å². The maximum Gasteiger partial charge on any atom is 0 e. The van der Waals surface area contributed by atoms with Crippen molar-refractivity contribution in [1.29, 1.82) is 31.6 Å². The molecule has 68 valence electrons. The van der Waals surface area contributed by atoms with Gasteiger partial charge in [-0.05, 0) is 0 Å². The molecule has 0 unspecified atom stereocenters. The summed E-state index contributed by atoms with van der Waals surface area (Å²) in [6.07, 6.45) is 0. The molecular weight excluding hydrogens is 266 g/mol. The number of hydrogen-bond acceptors (Lipinski definition) is 6. The van der Waals surface area contributed by atoms with Crippen molar-refractivity contribution in [3.05, 3.63) is 0 Å². The van der Waals surface area contributed by atoms with Crippen LogP contribution in [-0.4, -0.2) is 0 Å². The van der Waals surface area contributed by atoms with Gasteiger partial charge in [-0.1, -0.05) is 0 Å². The van der Waals surface area contributed by atoms with Gasteiger partial charge >= 0.3 is 72.1 Å². The van der Waals surface area contributed by atoms with Gasteiger partial charge in [0.25, 0.3) is 0 Å². The Hall–Kier alpha value is -2.02. The van der Waals surface area contributed by atoms with Crippen LogP contribution in [0.25, 0.3) is 0 Å². The molecule has 0 aliphatic rings. The van der Waals surface area contributed by atoms with E-state index in [1.807, 2.05) is 0 Å². The summed E-state index contributed by atoms with van der Waals surface area (Å²) in [6.45, 7) is 0. The predicted molar refractivity (Wildman–Crippen MR) is 33.7 cm³/mol. The van der Waals surface area contributed by atoms with Gasteiger partial charge in [-0.15, -0.1) is 0 Å². The number of nitrogens with zero attached hydrogens (tertiary/aromatic N) is 6. The molecule has 0 aromatic carbocycles. The largest absolute Gasteiger partial charge is 0 e. The van der Waals surface area contributed by atoms with Crippen LogP contribution in [0.2, 0.25) is 0 Å². The maximum atomic E-state index is 8.58. The van der Waals surface area contributed by atoms with Gasteiger partial charge in [0.05, 0.1) is 0 Å². The normalized spacial score (nSPS) is 12.4. The van der Waals surface area contributed by atoms with E-state index < -0.39 is 10.7 Å². The molecule has 1 radical (unpaired) electrons. The van der Waals surface area contributed by atoms with E-state index in [0.29, 0.717) is 0 Å². The van der Waals surface area contributed by atoms with Crippen LogP contribution < -0.4 is 0 Å². The molecule has 0 saturated carbocycles. The first-order chi connectivity index (χ1) is 5.97. The van der Waals surface area contributed by atoms with E-state index in [4.69, 9.17) is 31.6 Å². The molecule has 0 atom stereocenters. The van der Waals surface area contributed by atoms with E-state index in [-0.39, 0.29) is 17.1 Å². The average Bonchev–Trinajstić information content (AvgIpc) is 2.26. The van der Waals surface area contributed by atoms with Crippen LogP contribution in [0, 0.1) is 61.4 Å². The minimum Gasteiger partial charge on any atom is 0 e. The van der Waals surface area contributed by atoms with Crippen molar-refractivity contribution in [2.24, 2.45) is 0 Å².